The zero-order valence-electron chi connectivity index (χ0n) is 13.0. The molecular weight excluding hydrogens is 292 g/mol. The summed E-state index contributed by atoms with van der Waals surface area (Å²) in [5, 5.41) is 13.0. The highest BCUT2D eigenvalue weighted by atomic mass is 32.2. The van der Waals surface area contributed by atoms with Crippen LogP contribution < -0.4 is 5.32 Å². The molecule has 2 rings (SSSR count). The summed E-state index contributed by atoms with van der Waals surface area (Å²) >= 11 is 0. The van der Waals surface area contributed by atoms with Crippen molar-refractivity contribution in [1.82, 2.24) is 10.2 Å². The number of sulfone groups is 1. The van der Waals surface area contributed by atoms with E-state index < -0.39 is 21.3 Å². The second-order valence-electron chi connectivity index (χ2n) is 6.78. The average molecular weight is 318 g/mol. The summed E-state index contributed by atoms with van der Waals surface area (Å²) in [6.45, 7) is 6.56. The van der Waals surface area contributed by atoms with Gasteiger partial charge in [0.1, 0.15) is 5.54 Å². The fourth-order valence-corrected chi connectivity index (χ4v) is 4.90. The Labute approximate surface area is 126 Å². The molecule has 2 N–H and O–H groups in total. The van der Waals surface area contributed by atoms with Crippen molar-refractivity contribution >= 4 is 15.8 Å². The first-order valence-electron chi connectivity index (χ1n) is 7.62. The molecule has 2 aliphatic rings. The minimum Gasteiger partial charge on any atom is -0.480 e. The van der Waals surface area contributed by atoms with E-state index in [1.807, 2.05) is 25.7 Å². The lowest BCUT2D eigenvalue weighted by atomic mass is 9.90. The molecule has 1 saturated carbocycles. The topological polar surface area (TPSA) is 86.7 Å². The molecule has 6 nitrogen and oxygen atoms in total. The fraction of sp³-hybridized carbons (Fsp3) is 0.929. The van der Waals surface area contributed by atoms with Gasteiger partial charge in [0.15, 0.2) is 9.84 Å². The lowest BCUT2D eigenvalue weighted by Crippen LogP contribution is -2.65. The smallest absolute Gasteiger partial charge is 0.325 e. The maximum atomic E-state index is 11.9. The van der Waals surface area contributed by atoms with Gasteiger partial charge in [-0.2, -0.15) is 0 Å². The lowest BCUT2D eigenvalue weighted by Gasteiger charge is -2.41. The first-order valence-corrected chi connectivity index (χ1v) is 9.44. The van der Waals surface area contributed by atoms with E-state index in [1.54, 1.807) is 0 Å². The molecule has 0 aromatic rings. The van der Waals surface area contributed by atoms with Crippen LogP contribution in [0.15, 0.2) is 0 Å². The number of carbonyl (C=O) groups is 1. The predicted octanol–water partition coefficient (Wildman–Crippen LogP) is 0.337. The number of carboxylic acids is 1. The Morgan fingerprint density at radius 2 is 2.05 bits per heavy atom. The van der Waals surface area contributed by atoms with Crippen LogP contribution in [0, 0.1) is 5.92 Å². The van der Waals surface area contributed by atoms with Gasteiger partial charge in [-0.3, -0.25) is 15.0 Å². The van der Waals surface area contributed by atoms with E-state index in [0.29, 0.717) is 13.1 Å². The standard InChI is InChI=1S/C14H26N2O4S/c1-10(2)15-14(13(17)18,12-4-5-12)9-16-6-7-21(19,20)8-11(16)3/h10-12,15H,4-9H2,1-3H3,(H,17,18). The van der Waals surface area contributed by atoms with E-state index in [9.17, 15) is 18.3 Å². The minimum atomic E-state index is -2.98. The van der Waals surface area contributed by atoms with Crippen LogP contribution >= 0.6 is 0 Å². The quantitative estimate of drug-likeness (QED) is 0.734. The van der Waals surface area contributed by atoms with Gasteiger partial charge in [-0.05, 0) is 39.5 Å². The molecule has 0 aromatic carbocycles. The summed E-state index contributed by atoms with van der Waals surface area (Å²) in [6.07, 6.45) is 1.85. The molecule has 1 heterocycles. The van der Waals surface area contributed by atoms with Crippen molar-refractivity contribution in [2.45, 2.75) is 51.2 Å². The average Bonchev–Trinajstić information content (AvgIpc) is 3.14. The van der Waals surface area contributed by atoms with Crippen LogP contribution in [0.1, 0.15) is 33.6 Å². The van der Waals surface area contributed by atoms with Gasteiger partial charge in [-0.25, -0.2) is 8.42 Å². The highest BCUT2D eigenvalue weighted by molar-refractivity contribution is 7.91. The summed E-state index contributed by atoms with van der Waals surface area (Å²) < 4.78 is 23.3. The van der Waals surface area contributed by atoms with Crippen molar-refractivity contribution in [1.29, 1.82) is 0 Å². The molecule has 2 atom stereocenters. The number of nitrogens with one attached hydrogen (secondary N) is 1. The summed E-state index contributed by atoms with van der Waals surface area (Å²) in [7, 11) is -2.98. The largest absolute Gasteiger partial charge is 0.480 e. The Morgan fingerprint density at radius 1 is 1.43 bits per heavy atom. The van der Waals surface area contributed by atoms with E-state index in [-0.39, 0.29) is 29.5 Å². The number of hydrogen-bond donors (Lipinski definition) is 2. The lowest BCUT2D eigenvalue weighted by molar-refractivity contribution is -0.147. The summed E-state index contributed by atoms with van der Waals surface area (Å²) in [5.74, 6) is -0.434. The molecule has 21 heavy (non-hydrogen) atoms. The van der Waals surface area contributed by atoms with Crippen LogP contribution in [0.25, 0.3) is 0 Å². The molecule has 1 aliphatic heterocycles. The molecular formula is C14H26N2O4S. The highest BCUT2D eigenvalue weighted by Gasteiger charge is 2.53. The number of nitrogens with zero attached hydrogens (tertiary/aromatic N) is 1. The number of rotatable bonds is 6. The Kier molecular flexibility index (Phi) is 4.66. The molecule has 1 saturated heterocycles. The Bertz CT molecular complexity index is 501. The van der Waals surface area contributed by atoms with Crippen LogP contribution in [0.4, 0.5) is 0 Å². The van der Waals surface area contributed by atoms with Crippen molar-refractivity contribution in [3.05, 3.63) is 0 Å². The molecule has 2 unspecified atom stereocenters. The zero-order valence-corrected chi connectivity index (χ0v) is 13.8. The van der Waals surface area contributed by atoms with Crippen LogP contribution in [-0.4, -0.2) is 66.6 Å². The molecule has 0 spiro atoms. The van der Waals surface area contributed by atoms with Crippen molar-refractivity contribution in [3.63, 3.8) is 0 Å². The zero-order chi connectivity index (χ0) is 15.8. The third-order valence-corrected chi connectivity index (χ3v) is 6.26. The molecule has 1 aliphatic carbocycles. The van der Waals surface area contributed by atoms with Crippen LogP contribution in [0.3, 0.4) is 0 Å². The first-order chi connectivity index (χ1) is 9.66. The second-order valence-corrected chi connectivity index (χ2v) is 9.01. The minimum absolute atomic E-state index is 0.0746. The SMILES string of the molecule is CC(C)NC(CN1CCS(=O)(=O)CC1C)(C(=O)O)C1CC1. The van der Waals surface area contributed by atoms with E-state index in [1.165, 1.54) is 0 Å². The van der Waals surface area contributed by atoms with Gasteiger partial charge in [0.2, 0.25) is 0 Å². The summed E-state index contributed by atoms with van der Waals surface area (Å²) in [6, 6.07) is -0.0549. The van der Waals surface area contributed by atoms with Gasteiger partial charge in [0, 0.05) is 25.2 Å². The Balaban J connectivity index is 2.17. The molecule has 0 aromatic heterocycles. The van der Waals surface area contributed by atoms with Gasteiger partial charge >= 0.3 is 5.97 Å². The summed E-state index contributed by atoms with van der Waals surface area (Å²) in [5.41, 5.74) is -0.955. The van der Waals surface area contributed by atoms with Crippen molar-refractivity contribution in [2.75, 3.05) is 24.6 Å². The maximum Gasteiger partial charge on any atom is 0.325 e. The van der Waals surface area contributed by atoms with Crippen molar-refractivity contribution in [2.24, 2.45) is 5.92 Å². The summed E-state index contributed by atoms with van der Waals surface area (Å²) in [4.78, 5) is 14.0. The maximum absolute atomic E-state index is 11.9. The van der Waals surface area contributed by atoms with Gasteiger partial charge < -0.3 is 5.11 Å². The monoisotopic (exact) mass is 318 g/mol. The molecule has 2 fully saturated rings. The highest BCUT2D eigenvalue weighted by Crippen LogP contribution is 2.41. The predicted molar refractivity (Wildman–Crippen MR) is 81.1 cm³/mol. The Morgan fingerprint density at radius 3 is 2.48 bits per heavy atom. The molecule has 0 amide bonds. The van der Waals surface area contributed by atoms with Gasteiger partial charge in [-0.15, -0.1) is 0 Å². The van der Waals surface area contributed by atoms with Gasteiger partial charge in [0.25, 0.3) is 0 Å². The number of aliphatic carboxylic acids is 1. The molecule has 7 heteroatoms. The third kappa shape index (κ3) is 3.76. The normalized spacial score (nSPS) is 29.2. The van der Waals surface area contributed by atoms with E-state index in [0.717, 1.165) is 12.8 Å². The van der Waals surface area contributed by atoms with Crippen molar-refractivity contribution < 1.29 is 18.3 Å². The van der Waals surface area contributed by atoms with E-state index >= 15 is 0 Å². The van der Waals surface area contributed by atoms with Gasteiger partial charge in [-0.1, -0.05) is 0 Å². The third-order valence-electron chi connectivity index (χ3n) is 4.46. The molecule has 122 valence electrons. The van der Waals surface area contributed by atoms with Gasteiger partial charge in [0.05, 0.1) is 11.5 Å². The number of hydrogen-bond acceptors (Lipinski definition) is 5. The second kappa shape index (κ2) is 5.85. The first kappa shape index (κ1) is 16.7. The van der Waals surface area contributed by atoms with E-state index in [4.69, 9.17) is 0 Å². The fourth-order valence-electron chi connectivity index (χ4n) is 3.28. The van der Waals surface area contributed by atoms with Crippen LogP contribution in [-0.2, 0) is 14.6 Å². The number of carboxylic acid groups (broad SMARTS) is 1. The van der Waals surface area contributed by atoms with Crippen LogP contribution in [0.2, 0.25) is 0 Å². The molecule has 0 bridgehead atoms. The van der Waals surface area contributed by atoms with Crippen LogP contribution in [0.5, 0.6) is 0 Å². The van der Waals surface area contributed by atoms with Crippen molar-refractivity contribution in [3.8, 4) is 0 Å². The Hall–Kier alpha value is -0.660. The van der Waals surface area contributed by atoms with E-state index in [2.05, 4.69) is 5.32 Å². The molecule has 0 radical (unpaired) electrons.